The molecule has 2 aromatic rings. The predicted octanol–water partition coefficient (Wildman–Crippen LogP) is 2.24. The lowest BCUT2D eigenvalue weighted by Gasteiger charge is -2.27. The Kier molecular flexibility index (Phi) is 5.04. The first-order valence-electron chi connectivity index (χ1n) is 8.59. The molecule has 28 heavy (non-hydrogen) atoms. The lowest BCUT2D eigenvalue weighted by Crippen LogP contribution is -2.54. The van der Waals surface area contributed by atoms with Crippen LogP contribution >= 0.6 is 0 Å². The largest absolute Gasteiger partial charge is 0.465 e. The van der Waals surface area contributed by atoms with Gasteiger partial charge in [-0.25, -0.2) is 0 Å². The van der Waals surface area contributed by atoms with E-state index in [0.717, 1.165) is 10.7 Å². The zero-order chi connectivity index (χ0) is 19.1. The molecule has 146 valence electrons. The molecule has 2 N–H and O–H groups in total. The van der Waals surface area contributed by atoms with E-state index in [1.165, 1.54) is 0 Å². The lowest BCUT2D eigenvalue weighted by atomic mass is 10.0. The second-order valence-corrected chi connectivity index (χ2v) is 6.54. The van der Waals surface area contributed by atoms with Crippen LogP contribution in [0.1, 0.15) is 52.5 Å². The zero-order valence-electron chi connectivity index (χ0n) is 14.6. The number of furan rings is 1. The SMILES string of the molecule is C.Cc1ccc(CNc2cccc3c2C(=O)N(C2CCC(=O)NC2=O)C3=O)o1. The van der Waals surface area contributed by atoms with Gasteiger partial charge < -0.3 is 9.73 Å². The van der Waals surface area contributed by atoms with E-state index in [1.807, 2.05) is 19.1 Å². The first-order chi connectivity index (χ1) is 13.0. The molecule has 8 nitrogen and oxygen atoms in total. The van der Waals surface area contributed by atoms with Gasteiger partial charge in [0.25, 0.3) is 11.8 Å². The molecule has 8 heteroatoms. The van der Waals surface area contributed by atoms with Gasteiger partial charge in [0.1, 0.15) is 17.6 Å². The molecular formula is C20H21N3O5. The van der Waals surface area contributed by atoms with Crippen LogP contribution in [-0.4, -0.2) is 34.6 Å². The van der Waals surface area contributed by atoms with Crippen LogP contribution in [0.15, 0.2) is 34.7 Å². The van der Waals surface area contributed by atoms with Crippen molar-refractivity contribution in [3.63, 3.8) is 0 Å². The Hall–Kier alpha value is -3.42. The minimum absolute atomic E-state index is 0. The highest BCUT2D eigenvalue weighted by Gasteiger charge is 2.45. The molecule has 0 spiro atoms. The average Bonchev–Trinajstić information content (AvgIpc) is 3.16. The number of aryl methyl sites for hydroxylation is 1. The number of anilines is 1. The van der Waals surface area contributed by atoms with Gasteiger partial charge in [0, 0.05) is 12.1 Å². The molecule has 1 fully saturated rings. The standard InChI is InChI=1S/C19H17N3O5.CH4/c1-10-5-6-11(27-10)9-20-13-4-2-3-12-16(13)19(26)22(18(12)25)14-7-8-15(23)21-17(14)24;/h2-6,14,20H,7-9H2,1H3,(H,21,23,24);1H4. The maximum Gasteiger partial charge on any atom is 0.264 e. The fourth-order valence-corrected chi connectivity index (χ4v) is 3.42. The van der Waals surface area contributed by atoms with E-state index in [-0.39, 0.29) is 31.4 Å². The summed E-state index contributed by atoms with van der Waals surface area (Å²) < 4.78 is 5.50. The van der Waals surface area contributed by atoms with Crippen molar-refractivity contribution in [3.8, 4) is 0 Å². The third-order valence-corrected chi connectivity index (χ3v) is 4.72. The Morgan fingerprint density at radius 2 is 1.93 bits per heavy atom. The molecule has 2 aliphatic heterocycles. The second-order valence-electron chi connectivity index (χ2n) is 6.54. The fourth-order valence-electron chi connectivity index (χ4n) is 3.42. The summed E-state index contributed by atoms with van der Waals surface area (Å²) in [6, 6.07) is 7.63. The summed E-state index contributed by atoms with van der Waals surface area (Å²) in [6.45, 7) is 2.19. The molecule has 0 aliphatic carbocycles. The van der Waals surface area contributed by atoms with Gasteiger partial charge in [-0.15, -0.1) is 0 Å². The molecular weight excluding hydrogens is 362 g/mol. The van der Waals surface area contributed by atoms with Crippen LogP contribution in [0.2, 0.25) is 0 Å². The molecule has 2 aliphatic rings. The number of carbonyl (C=O) groups is 4. The average molecular weight is 383 g/mol. The fraction of sp³-hybridized carbons (Fsp3) is 0.300. The van der Waals surface area contributed by atoms with Crippen LogP contribution in [0, 0.1) is 6.92 Å². The van der Waals surface area contributed by atoms with Crippen LogP contribution in [-0.2, 0) is 16.1 Å². The number of hydrogen-bond acceptors (Lipinski definition) is 6. The minimum Gasteiger partial charge on any atom is -0.465 e. The number of amides is 4. The van der Waals surface area contributed by atoms with Crippen LogP contribution in [0.5, 0.6) is 0 Å². The van der Waals surface area contributed by atoms with Crippen molar-refractivity contribution in [2.24, 2.45) is 0 Å². The number of carbonyl (C=O) groups excluding carboxylic acids is 4. The predicted molar refractivity (Wildman–Crippen MR) is 101 cm³/mol. The van der Waals surface area contributed by atoms with Gasteiger partial charge in [-0.2, -0.15) is 0 Å². The highest BCUT2D eigenvalue weighted by molar-refractivity contribution is 6.25. The number of nitrogens with zero attached hydrogens (tertiary/aromatic N) is 1. The smallest absolute Gasteiger partial charge is 0.264 e. The maximum atomic E-state index is 12.9. The topological polar surface area (TPSA) is 109 Å². The van der Waals surface area contributed by atoms with Crippen molar-refractivity contribution in [1.29, 1.82) is 0 Å². The number of hydrogen-bond donors (Lipinski definition) is 2. The van der Waals surface area contributed by atoms with Crippen LogP contribution < -0.4 is 10.6 Å². The molecule has 4 rings (SSSR count). The number of rotatable bonds is 4. The molecule has 4 amide bonds. The molecule has 0 bridgehead atoms. The third-order valence-electron chi connectivity index (χ3n) is 4.72. The van der Waals surface area contributed by atoms with E-state index < -0.39 is 29.7 Å². The van der Waals surface area contributed by atoms with E-state index in [0.29, 0.717) is 18.0 Å². The summed E-state index contributed by atoms with van der Waals surface area (Å²) in [7, 11) is 0. The molecule has 1 atom stereocenters. The summed E-state index contributed by atoms with van der Waals surface area (Å²) in [5, 5.41) is 5.30. The summed E-state index contributed by atoms with van der Waals surface area (Å²) in [5.41, 5.74) is 0.968. The first-order valence-corrected chi connectivity index (χ1v) is 8.59. The number of nitrogens with one attached hydrogen (secondary N) is 2. The molecule has 1 unspecified atom stereocenters. The molecule has 1 aromatic heterocycles. The van der Waals surface area contributed by atoms with Crippen molar-refractivity contribution in [2.45, 2.75) is 39.8 Å². The van der Waals surface area contributed by atoms with Crippen molar-refractivity contribution < 1.29 is 23.6 Å². The van der Waals surface area contributed by atoms with E-state index in [2.05, 4.69) is 10.6 Å². The summed E-state index contributed by atoms with van der Waals surface area (Å²) in [4.78, 5) is 50.1. The third kappa shape index (κ3) is 3.17. The van der Waals surface area contributed by atoms with Gasteiger partial charge in [0.05, 0.1) is 17.7 Å². The first kappa shape index (κ1) is 19.3. The molecule has 1 saturated heterocycles. The number of imide groups is 2. The van der Waals surface area contributed by atoms with Gasteiger partial charge in [-0.1, -0.05) is 13.5 Å². The monoisotopic (exact) mass is 383 g/mol. The highest BCUT2D eigenvalue weighted by Crippen LogP contribution is 2.32. The number of benzene rings is 1. The van der Waals surface area contributed by atoms with Crippen LogP contribution in [0.25, 0.3) is 0 Å². The number of piperidine rings is 1. The Morgan fingerprint density at radius 1 is 1.14 bits per heavy atom. The van der Waals surface area contributed by atoms with Crippen molar-refractivity contribution in [2.75, 3.05) is 5.32 Å². The van der Waals surface area contributed by atoms with Crippen molar-refractivity contribution in [1.82, 2.24) is 10.2 Å². The number of fused-ring (bicyclic) bond motifs is 1. The summed E-state index contributed by atoms with van der Waals surface area (Å²) in [5.74, 6) is -0.611. The Bertz CT molecular complexity index is 978. The Labute approximate surface area is 161 Å². The highest BCUT2D eigenvalue weighted by atomic mass is 16.3. The van der Waals surface area contributed by atoms with Gasteiger partial charge in [0.2, 0.25) is 11.8 Å². The molecule has 0 saturated carbocycles. The van der Waals surface area contributed by atoms with E-state index in [1.54, 1.807) is 18.2 Å². The molecule has 0 radical (unpaired) electrons. The van der Waals surface area contributed by atoms with Gasteiger partial charge in [0.15, 0.2) is 0 Å². The second kappa shape index (κ2) is 7.30. The van der Waals surface area contributed by atoms with Crippen LogP contribution in [0.4, 0.5) is 5.69 Å². The molecule has 1 aromatic carbocycles. The molecule has 3 heterocycles. The normalized spacial score (nSPS) is 18.6. The van der Waals surface area contributed by atoms with Gasteiger partial charge in [-0.3, -0.25) is 29.4 Å². The maximum absolute atomic E-state index is 12.9. The lowest BCUT2D eigenvalue weighted by molar-refractivity contribution is -0.136. The zero-order valence-corrected chi connectivity index (χ0v) is 14.6. The quantitative estimate of drug-likeness (QED) is 0.784. The van der Waals surface area contributed by atoms with Crippen molar-refractivity contribution in [3.05, 3.63) is 53.0 Å². The van der Waals surface area contributed by atoms with E-state index in [4.69, 9.17) is 4.42 Å². The van der Waals surface area contributed by atoms with Crippen molar-refractivity contribution >= 4 is 29.3 Å². The minimum atomic E-state index is -0.976. The van der Waals surface area contributed by atoms with E-state index >= 15 is 0 Å². The summed E-state index contributed by atoms with van der Waals surface area (Å²) >= 11 is 0. The van der Waals surface area contributed by atoms with Crippen LogP contribution in [0.3, 0.4) is 0 Å². The van der Waals surface area contributed by atoms with Gasteiger partial charge in [-0.05, 0) is 37.6 Å². The summed E-state index contributed by atoms with van der Waals surface area (Å²) in [6.07, 6.45) is 0.220. The van der Waals surface area contributed by atoms with E-state index in [9.17, 15) is 19.2 Å². The van der Waals surface area contributed by atoms with Gasteiger partial charge >= 0.3 is 0 Å². The Morgan fingerprint density at radius 3 is 2.61 bits per heavy atom. The Balaban J connectivity index is 0.00000225.